The predicted molar refractivity (Wildman–Crippen MR) is 92.0 cm³/mol. The molecule has 5 N–H and O–H groups in total. The van der Waals surface area contributed by atoms with Gasteiger partial charge in [-0.3, -0.25) is 4.79 Å². The van der Waals surface area contributed by atoms with Crippen molar-refractivity contribution in [2.45, 2.75) is 12.5 Å². The summed E-state index contributed by atoms with van der Waals surface area (Å²) in [5.41, 5.74) is 8.33. The van der Waals surface area contributed by atoms with E-state index >= 15 is 0 Å². The number of carboxylic acid groups (broad SMARTS) is 1. The molecule has 1 heterocycles. The molecule has 0 aliphatic heterocycles. The number of hydrogen-bond donors (Lipinski definition) is 4. The number of H-pyrrole nitrogens is 1. The molecule has 0 fully saturated rings. The summed E-state index contributed by atoms with van der Waals surface area (Å²) >= 11 is 0. The second-order valence-corrected chi connectivity index (χ2v) is 5.58. The van der Waals surface area contributed by atoms with Crippen LogP contribution in [0, 0.1) is 0 Å². The predicted octanol–water partition coefficient (Wildman–Crippen LogP) is 2.37. The zero-order valence-electron chi connectivity index (χ0n) is 12.8. The van der Waals surface area contributed by atoms with E-state index in [1.54, 1.807) is 18.2 Å². The van der Waals surface area contributed by atoms with Gasteiger partial charge in [0.15, 0.2) is 0 Å². The summed E-state index contributed by atoms with van der Waals surface area (Å²) in [5, 5.41) is 12.5. The van der Waals surface area contributed by atoms with Crippen LogP contribution < -0.4 is 11.1 Å². The number of aromatic amines is 1. The maximum Gasteiger partial charge on any atom is 0.352 e. The lowest BCUT2D eigenvalue weighted by Gasteiger charge is -2.12. The number of fused-ring (bicyclic) bond motifs is 1. The van der Waals surface area contributed by atoms with E-state index in [4.69, 9.17) is 10.8 Å². The smallest absolute Gasteiger partial charge is 0.352 e. The molecule has 1 unspecified atom stereocenters. The van der Waals surface area contributed by atoms with E-state index in [1.165, 1.54) is 6.07 Å². The minimum absolute atomic E-state index is 0.106. The maximum absolute atomic E-state index is 12.2. The van der Waals surface area contributed by atoms with Crippen molar-refractivity contribution in [3.05, 3.63) is 65.9 Å². The number of carbonyl (C=O) groups excluding carboxylic acids is 1. The third-order valence-electron chi connectivity index (χ3n) is 3.75. The molecule has 3 rings (SSSR count). The number of amides is 1. The van der Waals surface area contributed by atoms with Crippen molar-refractivity contribution < 1.29 is 14.7 Å². The zero-order valence-corrected chi connectivity index (χ0v) is 12.8. The lowest BCUT2D eigenvalue weighted by Crippen LogP contribution is -2.37. The Bertz CT molecular complexity index is 887. The average Bonchev–Trinajstić information content (AvgIpc) is 2.99. The Morgan fingerprint density at radius 1 is 1.12 bits per heavy atom. The second-order valence-electron chi connectivity index (χ2n) is 5.58. The normalized spacial score (nSPS) is 12.0. The lowest BCUT2D eigenvalue weighted by atomic mass is 10.1. The van der Waals surface area contributed by atoms with Gasteiger partial charge in [-0.05, 0) is 36.2 Å². The minimum atomic E-state index is -1.03. The molecule has 24 heavy (non-hydrogen) atoms. The van der Waals surface area contributed by atoms with Gasteiger partial charge in [-0.1, -0.05) is 30.3 Å². The van der Waals surface area contributed by atoms with E-state index in [2.05, 4.69) is 10.3 Å². The number of aromatic nitrogens is 1. The van der Waals surface area contributed by atoms with Crippen LogP contribution in [-0.2, 0) is 11.2 Å². The molecule has 0 saturated carbocycles. The number of carbonyl (C=O) groups is 2. The fourth-order valence-corrected chi connectivity index (χ4v) is 2.52. The SMILES string of the molecule is NC(Cc1ccccc1)C(=O)Nc1ccc2[nH]c(C(=O)O)cc2c1. The molecule has 0 aliphatic carbocycles. The molecule has 0 spiro atoms. The number of hydrogen-bond acceptors (Lipinski definition) is 3. The van der Waals surface area contributed by atoms with E-state index in [0.717, 1.165) is 5.56 Å². The number of nitrogens with one attached hydrogen (secondary N) is 2. The summed E-state index contributed by atoms with van der Waals surface area (Å²) in [6.07, 6.45) is 0.447. The van der Waals surface area contributed by atoms with Crippen LogP contribution in [0.15, 0.2) is 54.6 Å². The number of anilines is 1. The van der Waals surface area contributed by atoms with Crippen molar-refractivity contribution in [1.29, 1.82) is 0 Å². The number of rotatable bonds is 5. The number of carboxylic acids is 1. The van der Waals surface area contributed by atoms with Gasteiger partial charge < -0.3 is 21.1 Å². The van der Waals surface area contributed by atoms with Crippen LogP contribution in [0.3, 0.4) is 0 Å². The summed E-state index contributed by atoms with van der Waals surface area (Å²) in [6.45, 7) is 0. The quantitative estimate of drug-likeness (QED) is 0.578. The van der Waals surface area contributed by atoms with Gasteiger partial charge in [0.05, 0.1) is 6.04 Å². The Balaban J connectivity index is 1.71. The summed E-state index contributed by atoms with van der Waals surface area (Å²) in [6, 6.07) is 15.6. The van der Waals surface area contributed by atoms with Gasteiger partial charge in [-0.25, -0.2) is 4.79 Å². The van der Waals surface area contributed by atoms with Crippen molar-refractivity contribution in [3.8, 4) is 0 Å². The zero-order chi connectivity index (χ0) is 17.1. The van der Waals surface area contributed by atoms with E-state index < -0.39 is 12.0 Å². The van der Waals surface area contributed by atoms with Crippen LogP contribution in [0.4, 0.5) is 5.69 Å². The van der Waals surface area contributed by atoms with Gasteiger partial charge in [0, 0.05) is 16.6 Å². The lowest BCUT2D eigenvalue weighted by molar-refractivity contribution is -0.117. The molecule has 0 radical (unpaired) electrons. The van der Waals surface area contributed by atoms with Crippen molar-refractivity contribution in [2.24, 2.45) is 5.73 Å². The number of benzene rings is 2. The Morgan fingerprint density at radius 2 is 1.88 bits per heavy atom. The first-order valence-corrected chi connectivity index (χ1v) is 7.49. The van der Waals surface area contributed by atoms with Gasteiger partial charge in [0.25, 0.3) is 0 Å². The van der Waals surface area contributed by atoms with Crippen LogP contribution in [0.5, 0.6) is 0 Å². The Kier molecular flexibility index (Phi) is 4.31. The fourth-order valence-electron chi connectivity index (χ4n) is 2.52. The van der Waals surface area contributed by atoms with Gasteiger partial charge in [0.1, 0.15) is 5.69 Å². The molecule has 6 heteroatoms. The summed E-state index contributed by atoms with van der Waals surface area (Å²) in [4.78, 5) is 26.0. The highest BCUT2D eigenvalue weighted by atomic mass is 16.4. The van der Waals surface area contributed by atoms with E-state index in [0.29, 0.717) is 23.0 Å². The minimum Gasteiger partial charge on any atom is -0.477 e. The average molecular weight is 323 g/mol. The molecule has 0 aliphatic rings. The Labute approximate surface area is 138 Å². The van der Waals surface area contributed by atoms with Crippen molar-refractivity contribution >= 4 is 28.5 Å². The Morgan fingerprint density at radius 3 is 2.58 bits per heavy atom. The van der Waals surface area contributed by atoms with Crippen molar-refractivity contribution in [2.75, 3.05) is 5.32 Å². The largest absolute Gasteiger partial charge is 0.477 e. The van der Waals surface area contributed by atoms with E-state index in [1.807, 2.05) is 30.3 Å². The maximum atomic E-state index is 12.2. The van der Waals surface area contributed by atoms with E-state index in [-0.39, 0.29) is 11.6 Å². The first kappa shape index (κ1) is 15.8. The topological polar surface area (TPSA) is 108 Å². The Hall–Kier alpha value is -3.12. The molecule has 6 nitrogen and oxygen atoms in total. The van der Waals surface area contributed by atoms with Gasteiger partial charge in [0.2, 0.25) is 5.91 Å². The highest BCUT2D eigenvalue weighted by molar-refractivity contribution is 5.98. The molecule has 1 amide bonds. The molecular formula is C18H17N3O3. The van der Waals surface area contributed by atoms with Crippen LogP contribution >= 0.6 is 0 Å². The number of aromatic carboxylic acids is 1. The monoisotopic (exact) mass is 323 g/mol. The highest BCUT2D eigenvalue weighted by Crippen LogP contribution is 2.20. The van der Waals surface area contributed by atoms with Gasteiger partial charge >= 0.3 is 5.97 Å². The number of nitrogens with two attached hydrogens (primary N) is 1. The molecule has 122 valence electrons. The van der Waals surface area contributed by atoms with Gasteiger partial charge in [-0.2, -0.15) is 0 Å². The molecule has 0 saturated heterocycles. The second kappa shape index (κ2) is 6.55. The first-order valence-electron chi connectivity index (χ1n) is 7.49. The van der Waals surface area contributed by atoms with Crippen LogP contribution in [0.25, 0.3) is 10.9 Å². The third kappa shape index (κ3) is 3.44. The molecule has 0 bridgehead atoms. The third-order valence-corrected chi connectivity index (χ3v) is 3.75. The van der Waals surface area contributed by atoms with Gasteiger partial charge in [-0.15, -0.1) is 0 Å². The van der Waals surface area contributed by atoms with Crippen molar-refractivity contribution in [3.63, 3.8) is 0 Å². The molecule has 2 aromatic carbocycles. The standard InChI is InChI=1S/C18H17N3O3/c19-14(8-11-4-2-1-3-5-11)17(22)20-13-6-7-15-12(9-13)10-16(21-15)18(23)24/h1-7,9-10,14,21H,8,19H2,(H,20,22)(H,23,24). The summed E-state index contributed by atoms with van der Waals surface area (Å²) in [5.74, 6) is -1.31. The van der Waals surface area contributed by atoms with E-state index in [9.17, 15) is 9.59 Å². The molecule has 1 atom stereocenters. The summed E-state index contributed by atoms with van der Waals surface area (Å²) < 4.78 is 0. The fraction of sp³-hybridized carbons (Fsp3) is 0.111. The van der Waals surface area contributed by atoms with Crippen LogP contribution in [-0.4, -0.2) is 28.0 Å². The first-order chi connectivity index (χ1) is 11.5. The van der Waals surface area contributed by atoms with Crippen LogP contribution in [0.2, 0.25) is 0 Å². The molecule has 1 aromatic heterocycles. The van der Waals surface area contributed by atoms with Crippen LogP contribution in [0.1, 0.15) is 16.1 Å². The van der Waals surface area contributed by atoms with Crippen molar-refractivity contribution in [1.82, 2.24) is 4.98 Å². The highest BCUT2D eigenvalue weighted by Gasteiger charge is 2.15. The summed E-state index contributed by atoms with van der Waals surface area (Å²) in [7, 11) is 0. The molecular weight excluding hydrogens is 306 g/mol. The molecule has 3 aromatic rings.